The van der Waals surface area contributed by atoms with E-state index in [-0.39, 0.29) is 25.7 Å². The summed E-state index contributed by atoms with van der Waals surface area (Å²) in [5.41, 5.74) is 0. The number of carbonyl (C=O) groups excluding carboxylic acids is 4. The number of esters is 4. The third kappa shape index (κ3) is 2.52. The Morgan fingerprint density at radius 3 is 1.06 bits per heavy atom. The molecule has 0 bridgehead atoms. The molecule has 2 rings (SSSR count). The minimum Gasteiger partial charge on any atom is -0.352 e. The van der Waals surface area contributed by atoms with Crippen molar-refractivity contribution in [1.29, 1.82) is 0 Å². The lowest BCUT2D eigenvalue weighted by Crippen LogP contribution is -2.45. The van der Waals surface area contributed by atoms with Crippen LogP contribution in [0, 0.1) is 0 Å². The van der Waals surface area contributed by atoms with E-state index in [0.29, 0.717) is 0 Å². The highest BCUT2D eigenvalue weighted by atomic mass is 17.0. The Kier molecular flexibility index (Phi) is 2.70. The van der Waals surface area contributed by atoms with Crippen molar-refractivity contribution in [3.63, 3.8) is 0 Å². The van der Waals surface area contributed by atoms with Gasteiger partial charge >= 0.3 is 30.0 Å². The van der Waals surface area contributed by atoms with Crippen LogP contribution in [0.1, 0.15) is 25.7 Å². The first-order chi connectivity index (χ1) is 7.99. The fourth-order valence-electron chi connectivity index (χ4n) is 1.30. The van der Waals surface area contributed by atoms with Gasteiger partial charge in [-0.15, -0.1) is 0 Å². The summed E-state index contributed by atoms with van der Waals surface area (Å²) in [5, 5.41) is 0. The van der Waals surface area contributed by atoms with Crippen molar-refractivity contribution in [2.45, 2.75) is 31.8 Å². The Morgan fingerprint density at radius 2 is 0.824 bits per heavy atom. The first-order valence-electron chi connectivity index (χ1n) is 4.86. The van der Waals surface area contributed by atoms with Crippen LogP contribution in [0.5, 0.6) is 0 Å². The van der Waals surface area contributed by atoms with Crippen LogP contribution in [0.3, 0.4) is 0 Å². The fraction of sp³-hybridized carbons (Fsp3) is 0.556. The van der Waals surface area contributed by atoms with Crippen LogP contribution in [0.4, 0.5) is 0 Å². The first kappa shape index (κ1) is 11.4. The second-order valence-electron chi connectivity index (χ2n) is 3.40. The Morgan fingerprint density at radius 1 is 0.588 bits per heavy atom. The predicted octanol–water partition coefficient (Wildman–Crippen LogP) is -0.642. The van der Waals surface area contributed by atoms with Gasteiger partial charge < -0.3 is 18.9 Å². The van der Waals surface area contributed by atoms with E-state index in [4.69, 9.17) is 0 Å². The summed E-state index contributed by atoms with van der Waals surface area (Å²) in [6.07, 6.45) is -3.65. The lowest BCUT2D eigenvalue weighted by molar-refractivity contribution is -0.426. The molecule has 92 valence electrons. The minimum absolute atomic E-state index is 0.240. The van der Waals surface area contributed by atoms with Gasteiger partial charge in [0.15, 0.2) is 0 Å². The van der Waals surface area contributed by atoms with Gasteiger partial charge in [-0.25, -0.2) is 0 Å². The number of hydrogen-bond donors (Lipinski definition) is 0. The molecule has 8 heteroatoms. The van der Waals surface area contributed by atoms with Crippen LogP contribution in [0.25, 0.3) is 0 Å². The molecule has 0 radical (unpaired) electrons. The first-order valence-corrected chi connectivity index (χ1v) is 4.86. The maximum absolute atomic E-state index is 11.2. The third-order valence-electron chi connectivity index (χ3n) is 2.02. The van der Waals surface area contributed by atoms with Crippen molar-refractivity contribution in [1.82, 2.24) is 0 Å². The van der Waals surface area contributed by atoms with Crippen molar-refractivity contribution in [2.24, 2.45) is 0 Å². The Balaban J connectivity index is 2.28. The van der Waals surface area contributed by atoms with Gasteiger partial charge in [0.25, 0.3) is 0 Å². The normalized spacial score (nSPS) is 24.0. The second kappa shape index (κ2) is 4.04. The molecular formula is C9H8O8. The highest BCUT2D eigenvalue weighted by molar-refractivity contribution is 5.83. The van der Waals surface area contributed by atoms with Crippen molar-refractivity contribution in [3.8, 4) is 0 Å². The number of hydrogen-bond acceptors (Lipinski definition) is 8. The molecule has 17 heavy (non-hydrogen) atoms. The molecule has 0 aromatic heterocycles. The van der Waals surface area contributed by atoms with E-state index in [1.165, 1.54) is 0 Å². The van der Waals surface area contributed by atoms with Crippen LogP contribution in [0.2, 0.25) is 0 Å². The maximum atomic E-state index is 11.2. The molecule has 2 saturated heterocycles. The molecule has 0 aromatic carbocycles. The van der Waals surface area contributed by atoms with Crippen LogP contribution < -0.4 is 0 Å². The van der Waals surface area contributed by atoms with Crippen molar-refractivity contribution >= 4 is 23.9 Å². The van der Waals surface area contributed by atoms with E-state index in [1.807, 2.05) is 0 Å². The number of rotatable bonds is 0. The van der Waals surface area contributed by atoms with E-state index in [1.54, 1.807) is 0 Å². The summed E-state index contributed by atoms with van der Waals surface area (Å²) in [4.78, 5) is 44.8. The molecule has 0 atom stereocenters. The van der Waals surface area contributed by atoms with Crippen LogP contribution in [-0.4, -0.2) is 30.0 Å². The van der Waals surface area contributed by atoms with E-state index >= 15 is 0 Å². The molecule has 8 nitrogen and oxygen atoms in total. The predicted molar refractivity (Wildman–Crippen MR) is 45.6 cm³/mol. The Labute approximate surface area is 94.7 Å². The Hall–Kier alpha value is -2.12. The summed E-state index contributed by atoms with van der Waals surface area (Å²) in [6, 6.07) is 0. The molecule has 2 fully saturated rings. The van der Waals surface area contributed by atoms with Gasteiger partial charge in [0.1, 0.15) is 0 Å². The third-order valence-corrected chi connectivity index (χ3v) is 2.02. The topological polar surface area (TPSA) is 105 Å². The van der Waals surface area contributed by atoms with Gasteiger partial charge in [0.05, 0.1) is 25.7 Å². The minimum atomic E-state index is -2.69. The molecule has 0 amide bonds. The molecule has 1 spiro atoms. The molecule has 2 aliphatic rings. The monoisotopic (exact) mass is 244 g/mol. The zero-order valence-corrected chi connectivity index (χ0v) is 8.59. The van der Waals surface area contributed by atoms with Gasteiger partial charge in [-0.1, -0.05) is 0 Å². The van der Waals surface area contributed by atoms with E-state index in [9.17, 15) is 19.2 Å². The van der Waals surface area contributed by atoms with Gasteiger partial charge in [0, 0.05) is 0 Å². The van der Waals surface area contributed by atoms with Crippen molar-refractivity contribution < 1.29 is 38.1 Å². The highest BCUT2D eigenvalue weighted by Gasteiger charge is 2.52. The lowest BCUT2D eigenvalue weighted by Gasteiger charge is -2.24. The molecule has 0 saturated carbocycles. The number of carbonyl (C=O) groups is 4. The van der Waals surface area contributed by atoms with E-state index in [0.717, 1.165) is 0 Å². The zero-order valence-electron chi connectivity index (χ0n) is 8.59. The summed E-state index contributed by atoms with van der Waals surface area (Å²) in [7, 11) is 0. The van der Waals surface area contributed by atoms with E-state index in [2.05, 4.69) is 18.9 Å². The SMILES string of the molecule is O=C1CCC(=O)OC2(O1)OC(=O)CCC(=O)O2. The molecule has 2 aliphatic heterocycles. The fourth-order valence-corrected chi connectivity index (χ4v) is 1.30. The highest BCUT2D eigenvalue weighted by Crippen LogP contribution is 2.27. The standard InChI is InChI=1S/C9H8O8/c10-5-1-2-6(11)15-9(14-5)16-7(12)3-4-8(13)17-9/h1-4H2. The molecule has 0 aromatic rings. The molecule has 0 aliphatic carbocycles. The summed E-state index contributed by atoms with van der Waals surface area (Å²) in [6.45, 7) is 0. The van der Waals surface area contributed by atoms with E-state index < -0.39 is 30.0 Å². The molecule has 0 unspecified atom stereocenters. The largest absolute Gasteiger partial charge is 0.619 e. The number of ether oxygens (including phenoxy) is 4. The van der Waals surface area contributed by atoms with Crippen LogP contribution in [-0.2, 0) is 38.1 Å². The van der Waals surface area contributed by atoms with Gasteiger partial charge in [-0.05, 0) is 0 Å². The Bertz CT molecular complexity index is 320. The van der Waals surface area contributed by atoms with Crippen molar-refractivity contribution in [2.75, 3.05) is 0 Å². The maximum Gasteiger partial charge on any atom is 0.619 e. The molecule has 2 heterocycles. The van der Waals surface area contributed by atoms with Gasteiger partial charge in [0.2, 0.25) is 0 Å². The summed E-state index contributed by atoms with van der Waals surface area (Å²) >= 11 is 0. The van der Waals surface area contributed by atoms with Gasteiger partial charge in [-0.3, -0.25) is 19.2 Å². The lowest BCUT2D eigenvalue weighted by atomic mass is 10.3. The summed E-state index contributed by atoms with van der Waals surface area (Å²) < 4.78 is 18.3. The van der Waals surface area contributed by atoms with Crippen LogP contribution >= 0.6 is 0 Å². The summed E-state index contributed by atoms with van der Waals surface area (Å²) in [5.74, 6) is -3.45. The average molecular weight is 244 g/mol. The van der Waals surface area contributed by atoms with Gasteiger partial charge in [-0.2, -0.15) is 0 Å². The molecular weight excluding hydrogens is 236 g/mol. The van der Waals surface area contributed by atoms with Crippen LogP contribution in [0.15, 0.2) is 0 Å². The van der Waals surface area contributed by atoms with Crippen molar-refractivity contribution in [3.05, 3.63) is 0 Å². The average Bonchev–Trinajstić information content (AvgIpc) is 2.43. The quantitative estimate of drug-likeness (QED) is 0.518. The zero-order chi connectivity index (χ0) is 12.5. The smallest absolute Gasteiger partial charge is 0.352 e. The second-order valence-corrected chi connectivity index (χ2v) is 3.40. The molecule has 0 N–H and O–H groups in total.